The first-order chi connectivity index (χ1) is 13.0. The van der Waals surface area contributed by atoms with Gasteiger partial charge in [0.2, 0.25) is 5.91 Å². The largest absolute Gasteiger partial charge is 0.496 e. The standard InChI is InChI=1S/C20H18ClN3O3/c1-13-15(21)7-5-8-16(13)23-19(25)11-24-12-22-17(10-20(24)26)14-6-3-4-9-18(14)27-2/h3-10,12H,11H2,1-2H3,(H,23,25). The Morgan fingerprint density at radius 1 is 1.22 bits per heavy atom. The Bertz CT molecular complexity index is 1050. The van der Waals surface area contributed by atoms with Gasteiger partial charge in [-0.2, -0.15) is 0 Å². The first-order valence-corrected chi connectivity index (χ1v) is 8.62. The number of nitrogens with zero attached hydrogens (tertiary/aromatic N) is 2. The number of para-hydroxylation sites is 1. The predicted octanol–water partition coefficient (Wildman–Crippen LogP) is 3.52. The molecule has 0 saturated carbocycles. The van der Waals surface area contributed by atoms with Crippen molar-refractivity contribution >= 4 is 23.2 Å². The molecule has 0 unspecified atom stereocenters. The van der Waals surface area contributed by atoms with Gasteiger partial charge in [-0.1, -0.05) is 29.8 Å². The molecule has 7 heteroatoms. The van der Waals surface area contributed by atoms with Crippen LogP contribution in [0.25, 0.3) is 11.3 Å². The highest BCUT2D eigenvalue weighted by Gasteiger charge is 2.11. The molecule has 0 atom stereocenters. The number of hydrogen-bond donors (Lipinski definition) is 1. The van der Waals surface area contributed by atoms with Gasteiger partial charge in [-0.25, -0.2) is 4.98 Å². The van der Waals surface area contributed by atoms with Crippen LogP contribution in [0.2, 0.25) is 5.02 Å². The van der Waals surface area contributed by atoms with Gasteiger partial charge in [0.1, 0.15) is 12.3 Å². The van der Waals surface area contributed by atoms with Crippen molar-refractivity contribution in [1.82, 2.24) is 9.55 Å². The van der Waals surface area contributed by atoms with Gasteiger partial charge in [0.15, 0.2) is 0 Å². The molecule has 0 aliphatic rings. The van der Waals surface area contributed by atoms with Crippen molar-refractivity contribution in [3.05, 3.63) is 75.8 Å². The van der Waals surface area contributed by atoms with E-state index in [0.29, 0.717) is 27.7 Å². The zero-order valence-corrected chi connectivity index (χ0v) is 15.7. The molecule has 3 rings (SSSR count). The van der Waals surface area contributed by atoms with Crippen LogP contribution in [0.3, 0.4) is 0 Å². The molecule has 1 aromatic heterocycles. The molecule has 1 heterocycles. The Morgan fingerprint density at radius 3 is 2.74 bits per heavy atom. The number of halogens is 1. The van der Waals surface area contributed by atoms with Crippen LogP contribution in [-0.2, 0) is 11.3 Å². The average Bonchev–Trinajstić information content (AvgIpc) is 2.67. The molecule has 0 saturated heterocycles. The van der Waals surface area contributed by atoms with Gasteiger partial charge in [-0.05, 0) is 36.8 Å². The van der Waals surface area contributed by atoms with E-state index in [1.165, 1.54) is 17.0 Å². The Kier molecular flexibility index (Phi) is 5.57. The first-order valence-electron chi connectivity index (χ1n) is 8.24. The highest BCUT2D eigenvalue weighted by atomic mass is 35.5. The van der Waals surface area contributed by atoms with Crippen molar-refractivity contribution < 1.29 is 9.53 Å². The van der Waals surface area contributed by atoms with Crippen molar-refractivity contribution in [1.29, 1.82) is 0 Å². The molecule has 0 fully saturated rings. The first kappa shape index (κ1) is 18.7. The molecule has 1 N–H and O–H groups in total. The van der Waals surface area contributed by atoms with Crippen LogP contribution in [-0.4, -0.2) is 22.6 Å². The van der Waals surface area contributed by atoms with E-state index in [4.69, 9.17) is 16.3 Å². The third kappa shape index (κ3) is 4.17. The van der Waals surface area contributed by atoms with Crippen LogP contribution in [0.5, 0.6) is 5.75 Å². The lowest BCUT2D eigenvalue weighted by atomic mass is 10.1. The van der Waals surface area contributed by atoms with Crippen LogP contribution in [0.15, 0.2) is 59.7 Å². The molecule has 0 aliphatic carbocycles. The number of carbonyl (C=O) groups excluding carboxylic acids is 1. The second kappa shape index (κ2) is 8.05. The third-order valence-electron chi connectivity index (χ3n) is 4.12. The van der Waals surface area contributed by atoms with Gasteiger partial charge in [0.05, 0.1) is 19.1 Å². The van der Waals surface area contributed by atoms with Crippen LogP contribution in [0.4, 0.5) is 5.69 Å². The van der Waals surface area contributed by atoms with E-state index in [1.54, 1.807) is 31.4 Å². The Hall–Kier alpha value is -3.12. The number of aromatic nitrogens is 2. The monoisotopic (exact) mass is 383 g/mol. The number of methoxy groups -OCH3 is 1. The van der Waals surface area contributed by atoms with Crippen LogP contribution < -0.4 is 15.6 Å². The molecule has 6 nitrogen and oxygen atoms in total. The fourth-order valence-electron chi connectivity index (χ4n) is 2.64. The molecular weight excluding hydrogens is 366 g/mol. The molecule has 0 radical (unpaired) electrons. The minimum Gasteiger partial charge on any atom is -0.496 e. The molecular formula is C20H18ClN3O3. The van der Waals surface area contributed by atoms with Gasteiger partial charge in [0, 0.05) is 22.3 Å². The second-order valence-corrected chi connectivity index (χ2v) is 6.31. The summed E-state index contributed by atoms with van der Waals surface area (Å²) in [6.45, 7) is 1.66. The molecule has 2 aromatic carbocycles. The quantitative estimate of drug-likeness (QED) is 0.731. The lowest BCUT2D eigenvalue weighted by Crippen LogP contribution is -2.27. The topological polar surface area (TPSA) is 73.2 Å². The van der Waals surface area contributed by atoms with E-state index in [1.807, 2.05) is 25.1 Å². The molecule has 0 aliphatic heterocycles. The maximum atomic E-state index is 12.4. The number of nitrogens with one attached hydrogen (secondary N) is 1. The fraction of sp³-hybridized carbons (Fsp3) is 0.150. The summed E-state index contributed by atoms with van der Waals surface area (Å²) in [7, 11) is 1.56. The summed E-state index contributed by atoms with van der Waals surface area (Å²) >= 11 is 6.06. The van der Waals surface area contributed by atoms with Crippen molar-refractivity contribution in [2.45, 2.75) is 13.5 Å². The van der Waals surface area contributed by atoms with Gasteiger partial charge in [-0.15, -0.1) is 0 Å². The molecule has 3 aromatic rings. The van der Waals surface area contributed by atoms with E-state index in [9.17, 15) is 9.59 Å². The summed E-state index contributed by atoms with van der Waals surface area (Å²) in [5, 5.41) is 3.32. The molecule has 0 bridgehead atoms. The number of anilines is 1. The van der Waals surface area contributed by atoms with Crippen LogP contribution in [0, 0.1) is 6.92 Å². The van der Waals surface area contributed by atoms with E-state index in [-0.39, 0.29) is 18.0 Å². The summed E-state index contributed by atoms with van der Waals surface area (Å²) in [5.74, 6) is 0.283. The zero-order chi connectivity index (χ0) is 19.4. The van der Waals surface area contributed by atoms with Gasteiger partial charge in [-0.3, -0.25) is 14.2 Å². The smallest absolute Gasteiger partial charge is 0.254 e. The lowest BCUT2D eigenvalue weighted by molar-refractivity contribution is -0.116. The number of hydrogen-bond acceptors (Lipinski definition) is 4. The lowest BCUT2D eigenvalue weighted by Gasteiger charge is -2.11. The fourth-order valence-corrected chi connectivity index (χ4v) is 2.81. The Morgan fingerprint density at radius 2 is 2.00 bits per heavy atom. The Balaban J connectivity index is 1.79. The Labute approximate surface area is 161 Å². The minimum absolute atomic E-state index is 0.149. The minimum atomic E-state index is -0.339. The average molecular weight is 384 g/mol. The predicted molar refractivity (Wildman–Crippen MR) is 105 cm³/mol. The van der Waals surface area contributed by atoms with Crippen LogP contribution >= 0.6 is 11.6 Å². The molecule has 1 amide bonds. The summed E-state index contributed by atoms with van der Waals surface area (Å²) in [5.41, 5.74) is 2.25. The van der Waals surface area contributed by atoms with Crippen molar-refractivity contribution in [3.63, 3.8) is 0 Å². The number of rotatable bonds is 5. The maximum Gasteiger partial charge on any atom is 0.254 e. The summed E-state index contributed by atoms with van der Waals surface area (Å²) in [6.07, 6.45) is 1.36. The highest BCUT2D eigenvalue weighted by molar-refractivity contribution is 6.31. The SMILES string of the molecule is COc1ccccc1-c1cc(=O)n(CC(=O)Nc2cccc(Cl)c2C)cn1. The summed E-state index contributed by atoms with van der Waals surface area (Å²) in [6, 6.07) is 13.9. The second-order valence-electron chi connectivity index (χ2n) is 5.90. The molecule has 138 valence electrons. The number of ether oxygens (including phenoxy) is 1. The van der Waals surface area contributed by atoms with E-state index in [2.05, 4.69) is 10.3 Å². The van der Waals surface area contributed by atoms with Gasteiger partial charge < -0.3 is 10.1 Å². The van der Waals surface area contributed by atoms with Gasteiger partial charge in [0.25, 0.3) is 5.56 Å². The van der Waals surface area contributed by atoms with E-state index < -0.39 is 0 Å². The number of benzene rings is 2. The summed E-state index contributed by atoms with van der Waals surface area (Å²) < 4.78 is 6.54. The highest BCUT2D eigenvalue weighted by Crippen LogP contribution is 2.27. The van der Waals surface area contributed by atoms with Crippen molar-refractivity contribution in [3.8, 4) is 17.0 Å². The molecule has 27 heavy (non-hydrogen) atoms. The normalized spacial score (nSPS) is 10.5. The molecule has 0 spiro atoms. The third-order valence-corrected chi connectivity index (χ3v) is 4.53. The van der Waals surface area contributed by atoms with E-state index >= 15 is 0 Å². The van der Waals surface area contributed by atoms with Crippen molar-refractivity contribution in [2.75, 3.05) is 12.4 Å². The van der Waals surface area contributed by atoms with Crippen LogP contribution in [0.1, 0.15) is 5.56 Å². The number of amides is 1. The van der Waals surface area contributed by atoms with Gasteiger partial charge >= 0.3 is 0 Å². The maximum absolute atomic E-state index is 12.4. The number of carbonyl (C=O) groups is 1. The van der Waals surface area contributed by atoms with E-state index in [0.717, 1.165) is 5.56 Å². The zero-order valence-electron chi connectivity index (χ0n) is 14.9. The van der Waals surface area contributed by atoms with Crippen molar-refractivity contribution in [2.24, 2.45) is 0 Å². The summed E-state index contributed by atoms with van der Waals surface area (Å²) in [4.78, 5) is 29.0.